The number of aliphatic hydroxyl groups is 10. The van der Waals surface area contributed by atoms with Crippen LogP contribution in [0.2, 0.25) is 0 Å². The lowest BCUT2D eigenvalue weighted by atomic mass is 9.29. The molecule has 0 amide bonds. The molecule has 0 aromatic heterocycles. The van der Waals surface area contributed by atoms with Gasteiger partial charge in [0.2, 0.25) is 6.29 Å². The molecule has 3 aliphatic heterocycles. The molecule has 8 fully saturated rings. The highest BCUT2D eigenvalue weighted by Crippen LogP contribution is 2.79. The predicted octanol–water partition coefficient (Wildman–Crippen LogP) is 0.457. The largest absolute Gasteiger partial charge is 0.479 e. The van der Waals surface area contributed by atoms with Crippen molar-refractivity contribution >= 4 is 11.9 Å². The normalized spacial score (nSPS) is 55.2. The Balaban J connectivity index is 1.07. The number of hydrogen-bond acceptors (Lipinski definition) is 18. The molecule has 5 saturated carbocycles. The van der Waals surface area contributed by atoms with E-state index in [0.29, 0.717) is 25.7 Å². The van der Waals surface area contributed by atoms with Crippen molar-refractivity contribution in [2.45, 2.75) is 223 Å². The van der Waals surface area contributed by atoms with Crippen molar-refractivity contribution in [3.8, 4) is 0 Å². The zero-order valence-electron chi connectivity index (χ0n) is 40.0. The number of carboxylic acid groups (broad SMARTS) is 1. The Morgan fingerprint density at radius 3 is 1.73 bits per heavy atom. The summed E-state index contributed by atoms with van der Waals surface area (Å²) in [6, 6.07) is 0. The van der Waals surface area contributed by atoms with Crippen molar-refractivity contribution in [1.29, 1.82) is 0 Å². The first-order chi connectivity index (χ1) is 31.2. The van der Waals surface area contributed by atoms with E-state index >= 15 is 0 Å². The second-order valence-corrected chi connectivity index (χ2v) is 23.9. The van der Waals surface area contributed by atoms with Gasteiger partial charge in [-0.3, -0.25) is 4.79 Å². The smallest absolute Gasteiger partial charge is 0.335 e. The van der Waals surface area contributed by atoms with E-state index in [1.807, 2.05) is 6.92 Å². The summed E-state index contributed by atoms with van der Waals surface area (Å²) < 4.78 is 36.2. The van der Waals surface area contributed by atoms with Gasteiger partial charge in [0, 0.05) is 0 Å². The molecule has 67 heavy (non-hydrogen) atoms. The van der Waals surface area contributed by atoms with E-state index in [-0.39, 0.29) is 39.4 Å². The maximum absolute atomic E-state index is 14.9. The summed E-state index contributed by atoms with van der Waals surface area (Å²) in [5, 5.41) is 116. The third-order valence-electron chi connectivity index (χ3n) is 20.0. The van der Waals surface area contributed by atoms with Crippen molar-refractivity contribution < 1.29 is 94.2 Å². The number of ether oxygens (including phenoxy) is 6. The number of carbonyl (C=O) groups is 2. The van der Waals surface area contributed by atoms with E-state index in [2.05, 4.69) is 41.5 Å². The van der Waals surface area contributed by atoms with E-state index in [4.69, 9.17) is 28.4 Å². The second-order valence-electron chi connectivity index (χ2n) is 23.9. The van der Waals surface area contributed by atoms with Crippen LogP contribution in [0.5, 0.6) is 0 Å². The molecule has 0 spiro atoms. The maximum atomic E-state index is 14.9. The van der Waals surface area contributed by atoms with E-state index in [9.17, 15) is 65.8 Å². The molecular weight excluding hydrogens is 881 g/mol. The topological polar surface area (TPSA) is 312 Å². The molecule has 19 nitrogen and oxygen atoms in total. The maximum Gasteiger partial charge on any atom is 0.335 e. The summed E-state index contributed by atoms with van der Waals surface area (Å²) in [5.74, 6) is -1.88. The van der Waals surface area contributed by atoms with Gasteiger partial charge in [-0.25, -0.2) is 4.79 Å². The first kappa shape index (κ1) is 51.7. The number of esters is 1. The molecule has 3 saturated heterocycles. The fourth-order valence-electron chi connectivity index (χ4n) is 16.4. The van der Waals surface area contributed by atoms with Crippen molar-refractivity contribution in [2.24, 2.45) is 50.2 Å². The molecule has 0 bridgehead atoms. The second kappa shape index (κ2) is 17.8. The lowest BCUT2D eigenvalue weighted by Gasteiger charge is -2.75. The Kier molecular flexibility index (Phi) is 13.8. The highest BCUT2D eigenvalue weighted by molar-refractivity contribution is 5.79. The van der Waals surface area contributed by atoms with Crippen molar-refractivity contribution in [1.82, 2.24) is 0 Å². The van der Waals surface area contributed by atoms with Crippen molar-refractivity contribution in [3.63, 3.8) is 0 Å². The van der Waals surface area contributed by atoms with Gasteiger partial charge in [-0.05, 0) is 122 Å². The Bertz CT molecular complexity index is 1830. The van der Waals surface area contributed by atoms with Crippen LogP contribution in [0.1, 0.15) is 126 Å². The van der Waals surface area contributed by atoms with E-state index in [0.717, 1.165) is 51.4 Å². The lowest BCUT2D eigenvalue weighted by Crippen LogP contribution is -2.71. The number of rotatable bonds is 9. The molecule has 8 aliphatic rings. The van der Waals surface area contributed by atoms with Crippen LogP contribution in [-0.2, 0) is 38.0 Å². The number of carboxylic acids is 1. The molecule has 5 aliphatic carbocycles. The van der Waals surface area contributed by atoms with Gasteiger partial charge in [0.1, 0.15) is 67.1 Å². The number of fused-ring (bicyclic) bond motifs is 7. The third kappa shape index (κ3) is 7.86. The van der Waals surface area contributed by atoms with Gasteiger partial charge in [-0.15, -0.1) is 0 Å². The predicted molar refractivity (Wildman–Crippen MR) is 231 cm³/mol. The van der Waals surface area contributed by atoms with Gasteiger partial charge in [0.25, 0.3) is 0 Å². The molecule has 19 heteroatoms. The van der Waals surface area contributed by atoms with E-state index in [1.165, 1.54) is 0 Å². The minimum atomic E-state index is -1.98. The number of aliphatic hydroxyl groups excluding tert-OH is 10. The number of hydrogen-bond donors (Lipinski definition) is 11. The minimum Gasteiger partial charge on any atom is -0.479 e. The first-order valence-electron chi connectivity index (χ1n) is 24.6. The number of carbonyl (C=O) groups excluding carboxylic acids is 1. The van der Waals surface area contributed by atoms with Crippen LogP contribution in [0.15, 0.2) is 0 Å². The van der Waals surface area contributed by atoms with Crippen LogP contribution >= 0.6 is 0 Å². The van der Waals surface area contributed by atoms with Crippen LogP contribution in [0.25, 0.3) is 0 Å². The number of aliphatic carboxylic acids is 1. The average Bonchev–Trinajstić information content (AvgIpc) is 3.25. The van der Waals surface area contributed by atoms with Gasteiger partial charge in [0.05, 0.1) is 24.2 Å². The summed E-state index contributed by atoms with van der Waals surface area (Å²) in [7, 11) is 0. The SMILES string of the molecule is CC1(C)CC[C@]2(C(=O)O[C@@H]3O[C@H](CO)[C@@H](O)[C@H](O)[C@H]3O)CC[C@]3(C)[C@@H](CC[C@@H]4[C@@]5(C)CCC[C@](C)(O[C@@H]6O[C@H](C(=O)O)[C@@H](O)[C@H](O)[C@H]6O[C@@H]6O[C@H](CO)[C@@H](O)[C@H](O)[C@H]6O)[C@H]5CC[C@]43C)[C@]2(C)C1. The molecule has 384 valence electrons. The van der Waals surface area contributed by atoms with Gasteiger partial charge in [-0.1, -0.05) is 48.0 Å². The highest BCUT2D eigenvalue weighted by atomic mass is 16.8. The molecule has 0 aromatic carbocycles. The Morgan fingerprint density at radius 1 is 0.552 bits per heavy atom. The Morgan fingerprint density at radius 2 is 1.12 bits per heavy atom. The minimum absolute atomic E-state index is 0.0835. The Labute approximate surface area is 392 Å². The molecule has 11 N–H and O–H groups in total. The zero-order valence-corrected chi connectivity index (χ0v) is 40.0. The molecule has 3 heterocycles. The van der Waals surface area contributed by atoms with Crippen LogP contribution in [0, 0.1) is 50.2 Å². The van der Waals surface area contributed by atoms with E-state index < -0.39 is 134 Å². The monoisotopic (exact) mass is 959 g/mol. The van der Waals surface area contributed by atoms with Crippen molar-refractivity contribution in [3.05, 3.63) is 0 Å². The quantitative estimate of drug-likeness (QED) is 0.140. The van der Waals surface area contributed by atoms with Gasteiger partial charge >= 0.3 is 11.9 Å². The highest BCUT2D eigenvalue weighted by Gasteiger charge is 2.75. The van der Waals surface area contributed by atoms with Gasteiger partial charge in [0.15, 0.2) is 18.7 Å². The van der Waals surface area contributed by atoms with Crippen LogP contribution in [0.4, 0.5) is 0 Å². The van der Waals surface area contributed by atoms with Crippen molar-refractivity contribution in [2.75, 3.05) is 13.2 Å². The van der Waals surface area contributed by atoms with Crippen LogP contribution in [0.3, 0.4) is 0 Å². The van der Waals surface area contributed by atoms with E-state index in [1.54, 1.807) is 0 Å². The Hall–Kier alpha value is -1.66. The average molecular weight is 959 g/mol. The summed E-state index contributed by atoms with van der Waals surface area (Å²) in [6.07, 6.45) is -16.6. The zero-order chi connectivity index (χ0) is 49.2. The summed E-state index contributed by atoms with van der Waals surface area (Å²) in [5.41, 5.74) is -3.35. The molecule has 24 atom stereocenters. The van der Waals surface area contributed by atoms with Gasteiger partial charge in [-0.2, -0.15) is 0 Å². The standard InChI is InChI=1S/C48H78O19/c1-42(2)15-17-48(41(61)66-39-34(58)30(54)28(52)23(20-50)63-39)18-16-45(5)26(46(48,6)21-42)10-9-24-43(3)12-8-13-47(7,25(43)11-14-44(24,45)4)67-40-36(32(56)31(55)35(64-40)37(59)60)65-38-33(57)29(53)27(51)22(19-49)62-38/h22-36,38-40,49-58H,8-21H2,1-7H3,(H,59,60)/t22-,23-,24-,25+,26-,27-,28-,29+,30+,31+,32+,33-,34-,35+,36-,38+,39+,40+,43-,44-,45-,46+,47+,48-/m1/s1. The molecular formula is C48H78O19. The molecule has 0 radical (unpaired) electrons. The fraction of sp³-hybridized carbons (Fsp3) is 0.958. The third-order valence-corrected chi connectivity index (χ3v) is 20.0. The fourth-order valence-corrected chi connectivity index (χ4v) is 16.4. The van der Waals surface area contributed by atoms with Gasteiger partial charge < -0.3 is 84.6 Å². The first-order valence-corrected chi connectivity index (χ1v) is 24.6. The molecule has 0 unspecified atom stereocenters. The summed E-state index contributed by atoms with van der Waals surface area (Å²) >= 11 is 0. The summed E-state index contributed by atoms with van der Waals surface area (Å²) in [6.45, 7) is 14.5. The van der Waals surface area contributed by atoms with Crippen LogP contribution < -0.4 is 0 Å². The van der Waals surface area contributed by atoms with Crippen LogP contribution in [-0.4, -0.2) is 179 Å². The molecule has 0 aromatic rings. The lowest BCUT2D eigenvalue weighted by molar-refractivity contribution is -0.383. The molecule has 8 rings (SSSR count). The summed E-state index contributed by atoms with van der Waals surface area (Å²) in [4.78, 5) is 27.3.